The second kappa shape index (κ2) is 11.3. The van der Waals surface area contributed by atoms with Crippen LogP contribution in [-0.2, 0) is 0 Å². The Morgan fingerprint density at radius 2 is 1.71 bits per heavy atom. The standard InChI is InChI=1S/C22H31N5.HI/c1-18-7-9-20(10-8-18)25-22(23)24-11-4-12-26-13-15-27(16-14-26)21-6-3-5-19(2)17-21;/h3,5-10,17H,4,11-16H2,1-2H3,(H3,23,24,25);1H. The number of guanidine groups is 1. The lowest BCUT2D eigenvalue weighted by Gasteiger charge is -2.36. The van der Waals surface area contributed by atoms with Crippen molar-refractivity contribution in [1.29, 1.82) is 0 Å². The molecule has 0 amide bonds. The molecule has 1 saturated heterocycles. The number of hydrogen-bond acceptors (Lipinski definition) is 3. The summed E-state index contributed by atoms with van der Waals surface area (Å²) in [5.41, 5.74) is 10.9. The number of benzene rings is 2. The summed E-state index contributed by atoms with van der Waals surface area (Å²) in [6.07, 6.45) is 1.03. The number of rotatable bonds is 6. The summed E-state index contributed by atoms with van der Waals surface area (Å²) in [5, 5.41) is 3.14. The van der Waals surface area contributed by atoms with E-state index in [-0.39, 0.29) is 24.0 Å². The van der Waals surface area contributed by atoms with Gasteiger partial charge in [-0.05, 0) is 50.1 Å². The summed E-state index contributed by atoms with van der Waals surface area (Å²) in [6, 6.07) is 16.9. The van der Waals surface area contributed by atoms with Gasteiger partial charge in [0.05, 0.1) is 0 Å². The van der Waals surface area contributed by atoms with E-state index in [9.17, 15) is 0 Å². The maximum atomic E-state index is 5.98. The monoisotopic (exact) mass is 493 g/mol. The molecule has 5 nitrogen and oxygen atoms in total. The molecular formula is C22H32IN5. The molecule has 0 spiro atoms. The van der Waals surface area contributed by atoms with Gasteiger partial charge in [-0.15, -0.1) is 24.0 Å². The van der Waals surface area contributed by atoms with E-state index < -0.39 is 0 Å². The number of anilines is 2. The predicted octanol–water partition coefficient (Wildman–Crippen LogP) is 3.86. The molecule has 1 aliphatic rings. The fraction of sp³-hybridized carbons (Fsp3) is 0.409. The quantitative estimate of drug-likeness (QED) is 0.278. The van der Waals surface area contributed by atoms with E-state index in [1.165, 1.54) is 16.8 Å². The smallest absolute Gasteiger partial charge is 0.193 e. The van der Waals surface area contributed by atoms with Crippen LogP contribution in [0.25, 0.3) is 0 Å². The lowest BCUT2D eigenvalue weighted by Crippen LogP contribution is -2.46. The van der Waals surface area contributed by atoms with Crippen LogP contribution < -0.4 is 16.0 Å². The number of aryl methyl sites for hydroxylation is 2. The highest BCUT2D eigenvalue weighted by molar-refractivity contribution is 14.0. The highest BCUT2D eigenvalue weighted by Gasteiger charge is 2.16. The first-order valence-electron chi connectivity index (χ1n) is 9.78. The molecule has 3 rings (SSSR count). The van der Waals surface area contributed by atoms with Gasteiger partial charge in [-0.25, -0.2) is 0 Å². The predicted molar refractivity (Wildman–Crippen MR) is 131 cm³/mol. The van der Waals surface area contributed by atoms with Crippen LogP contribution >= 0.6 is 24.0 Å². The maximum Gasteiger partial charge on any atom is 0.193 e. The van der Waals surface area contributed by atoms with Crippen molar-refractivity contribution in [3.63, 3.8) is 0 Å². The number of halogens is 1. The average molecular weight is 493 g/mol. The molecule has 2 aromatic rings. The molecule has 0 radical (unpaired) electrons. The van der Waals surface area contributed by atoms with Crippen molar-refractivity contribution in [3.8, 4) is 0 Å². The van der Waals surface area contributed by atoms with Crippen molar-refractivity contribution < 1.29 is 0 Å². The first kappa shape index (κ1) is 22.5. The van der Waals surface area contributed by atoms with E-state index in [0.717, 1.165) is 51.4 Å². The molecule has 2 aromatic carbocycles. The largest absolute Gasteiger partial charge is 0.370 e. The van der Waals surface area contributed by atoms with Crippen LogP contribution in [0, 0.1) is 13.8 Å². The Kier molecular flexibility index (Phi) is 9.05. The summed E-state index contributed by atoms with van der Waals surface area (Å²) in [7, 11) is 0. The minimum atomic E-state index is 0. The minimum absolute atomic E-state index is 0. The first-order valence-corrected chi connectivity index (χ1v) is 9.78. The second-order valence-electron chi connectivity index (χ2n) is 7.28. The third kappa shape index (κ3) is 6.98. The highest BCUT2D eigenvalue weighted by Crippen LogP contribution is 2.17. The molecule has 1 heterocycles. The molecule has 0 atom stereocenters. The zero-order chi connectivity index (χ0) is 19.1. The Balaban J connectivity index is 0.00000280. The Bertz CT molecular complexity index is 752. The minimum Gasteiger partial charge on any atom is -0.370 e. The van der Waals surface area contributed by atoms with Crippen LogP contribution in [0.3, 0.4) is 0 Å². The van der Waals surface area contributed by atoms with Crippen LogP contribution in [-0.4, -0.2) is 50.1 Å². The topological polar surface area (TPSA) is 56.9 Å². The number of nitrogens with one attached hydrogen (secondary N) is 1. The van der Waals surface area contributed by atoms with Gasteiger partial charge in [0.1, 0.15) is 0 Å². The molecule has 152 valence electrons. The van der Waals surface area contributed by atoms with Gasteiger partial charge in [0.25, 0.3) is 0 Å². The van der Waals surface area contributed by atoms with Crippen LogP contribution in [0.1, 0.15) is 17.5 Å². The molecule has 0 saturated carbocycles. The van der Waals surface area contributed by atoms with E-state index in [4.69, 9.17) is 5.73 Å². The molecule has 0 unspecified atom stereocenters. The third-order valence-corrected chi connectivity index (χ3v) is 4.98. The Labute approximate surface area is 186 Å². The number of nitrogens with two attached hydrogens (primary N) is 1. The second-order valence-corrected chi connectivity index (χ2v) is 7.28. The number of hydrogen-bond donors (Lipinski definition) is 2. The van der Waals surface area contributed by atoms with Gasteiger partial charge in [-0.2, -0.15) is 0 Å². The Morgan fingerprint density at radius 3 is 2.39 bits per heavy atom. The van der Waals surface area contributed by atoms with Gasteiger partial charge < -0.3 is 16.0 Å². The maximum absolute atomic E-state index is 5.98. The van der Waals surface area contributed by atoms with Gasteiger partial charge in [0.2, 0.25) is 0 Å². The normalized spacial score (nSPS) is 15.2. The molecule has 0 aromatic heterocycles. The van der Waals surface area contributed by atoms with Crippen molar-refractivity contribution in [1.82, 2.24) is 4.90 Å². The Morgan fingerprint density at radius 1 is 1.00 bits per heavy atom. The molecule has 0 aliphatic carbocycles. The average Bonchev–Trinajstić information content (AvgIpc) is 2.68. The van der Waals surface area contributed by atoms with Gasteiger partial charge in [-0.3, -0.25) is 9.89 Å². The van der Waals surface area contributed by atoms with E-state index in [2.05, 4.69) is 70.4 Å². The summed E-state index contributed by atoms with van der Waals surface area (Å²) < 4.78 is 0. The van der Waals surface area contributed by atoms with Crippen LogP contribution in [0.15, 0.2) is 53.5 Å². The van der Waals surface area contributed by atoms with Crippen LogP contribution in [0.5, 0.6) is 0 Å². The molecule has 0 bridgehead atoms. The van der Waals surface area contributed by atoms with Crippen LogP contribution in [0.4, 0.5) is 11.4 Å². The molecule has 3 N–H and O–H groups in total. The van der Waals surface area contributed by atoms with Gasteiger partial charge >= 0.3 is 0 Å². The van der Waals surface area contributed by atoms with Gasteiger partial charge in [-0.1, -0.05) is 29.8 Å². The van der Waals surface area contributed by atoms with E-state index >= 15 is 0 Å². The third-order valence-electron chi connectivity index (χ3n) is 4.98. The van der Waals surface area contributed by atoms with Crippen LogP contribution in [0.2, 0.25) is 0 Å². The number of piperazine rings is 1. The highest BCUT2D eigenvalue weighted by atomic mass is 127. The molecule has 28 heavy (non-hydrogen) atoms. The lowest BCUT2D eigenvalue weighted by atomic mass is 10.2. The zero-order valence-electron chi connectivity index (χ0n) is 16.9. The van der Waals surface area contributed by atoms with Crippen molar-refractivity contribution in [2.75, 3.05) is 49.5 Å². The van der Waals surface area contributed by atoms with Crippen molar-refractivity contribution >= 4 is 41.3 Å². The summed E-state index contributed by atoms with van der Waals surface area (Å²) in [5.74, 6) is 0.489. The summed E-state index contributed by atoms with van der Waals surface area (Å²) in [6.45, 7) is 10.4. The fourth-order valence-corrected chi connectivity index (χ4v) is 3.37. The number of aliphatic imine (C=N–C) groups is 1. The SMILES string of the molecule is Cc1ccc(NC(N)=NCCCN2CCN(c3cccc(C)c3)CC2)cc1.I. The zero-order valence-corrected chi connectivity index (χ0v) is 19.2. The van der Waals surface area contributed by atoms with Gasteiger partial charge in [0.15, 0.2) is 5.96 Å². The molecule has 1 fully saturated rings. The molecule has 1 aliphatic heterocycles. The lowest BCUT2D eigenvalue weighted by molar-refractivity contribution is 0.256. The fourth-order valence-electron chi connectivity index (χ4n) is 3.37. The first-order chi connectivity index (χ1) is 13.1. The van der Waals surface area contributed by atoms with E-state index in [1.807, 2.05) is 12.1 Å². The van der Waals surface area contributed by atoms with Crippen molar-refractivity contribution in [2.24, 2.45) is 10.7 Å². The van der Waals surface area contributed by atoms with Crippen molar-refractivity contribution in [2.45, 2.75) is 20.3 Å². The Hall–Kier alpha value is -1.80. The van der Waals surface area contributed by atoms with Crippen molar-refractivity contribution in [3.05, 3.63) is 59.7 Å². The summed E-state index contributed by atoms with van der Waals surface area (Å²) >= 11 is 0. The summed E-state index contributed by atoms with van der Waals surface area (Å²) in [4.78, 5) is 9.44. The van der Waals surface area contributed by atoms with Gasteiger partial charge in [0, 0.05) is 50.6 Å². The molecule has 6 heteroatoms. The number of nitrogens with zero attached hydrogens (tertiary/aromatic N) is 3. The van der Waals surface area contributed by atoms with E-state index in [1.54, 1.807) is 0 Å². The molecular weight excluding hydrogens is 461 g/mol. The van der Waals surface area contributed by atoms with E-state index in [0.29, 0.717) is 5.96 Å².